The van der Waals surface area contributed by atoms with E-state index in [4.69, 9.17) is 0 Å². The Bertz CT molecular complexity index is 719. The van der Waals surface area contributed by atoms with Crippen molar-refractivity contribution in [1.29, 1.82) is 0 Å². The summed E-state index contributed by atoms with van der Waals surface area (Å²) in [4.78, 5) is 24.9. The van der Waals surface area contributed by atoms with E-state index in [0.29, 0.717) is 5.56 Å². The lowest BCUT2D eigenvalue weighted by atomic mass is 10.1. The first-order valence-electron chi connectivity index (χ1n) is 5.77. The average molecular weight is 264 g/mol. The molecule has 19 heavy (non-hydrogen) atoms. The van der Waals surface area contributed by atoms with Crippen LogP contribution in [0.25, 0.3) is 0 Å². The number of aryl methyl sites for hydroxylation is 1. The van der Waals surface area contributed by atoms with Crippen molar-refractivity contribution in [2.45, 2.75) is 19.9 Å². The van der Waals surface area contributed by atoms with Crippen LogP contribution in [-0.4, -0.2) is 14.7 Å². The van der Waals surface area contributed by atoms with Crippen LogP contribution < -0.4 is 11.2 Å². The number of benzene rings is 1. The van der Waals surface area contributed by atoms with Crippen molar-refractivity contribution in [2.75, 3.05) is 0 Å². The van der Waals surface area contributed by atoms with Crippen molar-refractivity contribution in [3.63, 3.8) is 0 Å². The highest BCUT2D eigenvalue weighted by molar-refractivity contribution is 5.21. The number of nitrogens with one attached hydrogen (secondary N) is 1. The number of H-pyrrole nitrogens is 1. The molecule has 1 aromatic carbocycles. The first-order chi connectivity index (χ1) is 9.00. The molecule has 2 aromatic rings. The molecule has 0 saturated carbocycles. The molecule has 1 heterocycles. The third kappa shape index (κ3) is 2.57. The van der Waals surface area contributed by atoms with E-state index >= 15 is 0 Å². The Balaban J connectivity index is 2.31. The number of hydrogen-bond donors (Lipinski definition) is 2. The van der Waals surface area contributed by atoms with E-state index in [2.05, 4.69) is 4.98 Å². The largest absolute Gasteiger partial charge is 0.494 e. The quantitative estimate of drug-likeness (QED) is 0.866. The summed E-state index contributed by atoms with van der Waals surface area (Å²) < 4.78 is 14.4. The maximum Gasteiger partial charge on any atom is 0.331 e. The van der Waals surface area contributed by atoms with Gasteiger partial charge in [-0.2, -0.15) is 0 Å². The number of aromatic hydroxyl groups is 1. The fourth-order valence-corrected chi connectivity index (χ4v) is 1.80. The molecule has 0 atom stereocenters. The number of aromatic nitrogens is 2. The molecule has 0 radical (unpaired) electrons. The van der Waals surface area contributed by atoms with Gasteiger partial charge >= 0.3 is 5.69 Å². The predicted molar refractivity (Wildman–Crippen MR) is 67.8 cm³/mol. The molecule has 0 saturated heterocycles. The molecular formula is C13H13FN2O3. The van der Waals surface area contributed by atoms with Gasteiger partial charge in [0, 0.05) is 6.54 Å². The lowest BCUT2D eigenvalue weighted by molar-refractivity contribution is 0.394. The molecule has 5 nitrogen and oxygen atoms in total. The molecule has 0 bridgehead atoms. The Hall–Kier alpha value is -2.37. The van der Waals surface area contributed by atoms with Crippen LogP contribution in [0.1, 0.15) is 11.1 Å². The van der Waals surface area contributed by atoms with E-state index in [9.17, 15) is 19.1 Å². The minimum Gasteiger partial charge on any atom is -0.494 e. The van der Waals surface area contributed by atoms with Crippen LogP contribution in [0.15, 0.2) is 33.9 Å². The minimum absolute atomic E-state index is 0.0631. The third-order valence-electron chi connectivity index (χ3n) is 2.96. The van der Waals surface area contributed by atoms with Crippen LogP contribution >= 0.6 is 0 Å². The van der Waals surface area contributed by atoms with Gasteiger partial charge in [-0.3, -0.25) is 14.3 Å². The Kier molecular flexibility index (Phi) is 3.50. The highest BCUT2D eigenvalue weighted by Crippen LogP contribution is 2.11. The van der Waals surface area contributed by atoms with Gasteiger partial charge < -0.3 is 5.11 Å². The summed E-state index contributed by atoms with van der Waals surface area (Å²) >= 11 is 0. The molecule has 0 aliphatic carbocycles. The van der Waals surface area contributed by atoms with Crippen LogP contribution in [0.4, 0.5) is 4.39 Å². The van der Waals surface area contributed by atoms with E-state index in [-0.39, 0.29) is 30.2 Å². The van der Waals surface area contributed by atoms with Gasteiger partial charge in [0.05, 0.1) is 5.56 Å². The van der Waals surface area contributed by atoms with E-state index in [1.165, 1.54) is 13.0 Å². The molecule has 100 valence electrons. The van der Waals surface area contributed by atoms with Gasteiger partial charge in [-0.25, -0.2) is 9.18 Å². The van der Waals surface area contributed by atoms with E-state index in [1.54, 1.807) is 18.2 Å². The van der Waals surface area contributed by atoms with E-state index in [1.807, 2.05) is 0 Å². The second-order valence-electron chi connectivity index (χ2n) is 4.20. The molecule has 2 N–H and O–H groups in total. The fraction of sp³-hybridized carbons (Fsp3) is 0.231. The summed E-state index contributed by atoms with van der Waals surface area (Å²) in [6.07, 6.45) is 0.242. The Morgan fingerprint density at radius 2 is 2.00 bits per heavy atom. The second-order valence-corrected chi connectivity index (χ2v) is 4.20. The SMILES string of the molecule is Cc1c(O)n(CCc2ccccc2F)c(=O)[nH]c1=O. The van der Waals surface area contributed by atoms with Crippen molar-refractivity contribution < 1.29 is 9.50 Å². The monoisotopic (exact) mass is 264 g/mol. The molecule has 0 aliphatic rings. The van der Waals surface area contributed by atoms with Gasteiger partial charge in [0.2, 0.25) is 5.88 Å². The number of aromatic amines is 1. The topological polar surface area (TPSA) is 75.1 Å². The van der Waals surface area contributed by atoms with E-state index < -0.39 is 11.2 Å². The van der Waals surface area contributed by atoms with Crippen molar-refractivity contribution in [1.82, 2.24) is 9.55 Å². The maximum absolute atomic E-state index is 13.4. The molecule has 1 aromatic heterocycles. The zero-order valence-electron chi connectivity index (χ0n) is 10.3. The Labute approximate surface area is 108 Å². The molecule has 0 spiro atoms. The van der Waals surface area contributed by atoms with Crippen LogP contribution in [0.5, 0.6) is 5.88 Å². The highest BCUT2D eigenvalue weighted by atomic mass is 19.1. The third-order valence-corrected chi connectivity index (χ3v) is 2.96. The first kappa shape index (κ1) is 13.1. The van der Waals surface area contributed by atoms with Gasteiger partial charge in [-0.15, -0.1) is 0 Å². The van der Waals surface area contributed by atoms with Crippen molar-refractivity contribution >= 4 is 0 Å². The van der Waals surface area contributed by atoms with Gasteiger partial charge in [0.1, 0.15) is 5.82 Å². The van der Waals surface area contributed by atoms with Gasteiger partial charge in [0.15, 0.2) is 0 Å². The van der Waals surface area contributed by atoms with Crippen molar-refractivity contribution in [2.24, 2.45) is 0 Å². The summed E-state index contributed by atoms with van der Waals surface area (Å²) in [6.45, 7) is 1.50. The summed E-state index contributed by atoms with van der Waals surface area (Å²) in [7, 11) is 0. The predicted octanol–water partition coefficient (Wildman–Crippen LogP) is 0.932. The van der Waals surface area contributed by atoms with Crippen molar-refractivity contribution in [3.8, 4) is 5.88 Å². The summed E-state index contributed by atoms with van der Waals surface area (Å²) in [5.41, 5.74) is -0.820. The highest BCUT2D eigenvalue weighted by Gasteiger charge is 2.10. The molecule has 2 rings (SSSR count). The molecule has 0 fully saturated rings. The molecule has 0 amide bonds. The van der Waals surface area contributed by atoms with Gasteiger partial charge in [-0.1, -0.05) is 18.2 Å². The normalized spacial score (nSPS) is 10.6. The molecule has 0 aliphatic heterocycles. The average Bonchev–Trinajstić information content (AvgIpc) is 2.38. The zero-order valence-corrected chi connectivity index (χ0v) is 10.3. The lowest BCUT2D eigenvalue weighted by Gasteiger charge is -2.09. The second kappa shape index (κ2) is 5.09. The van der Waals surface area contributed by atoms with Gasteiger partial charge in [-0.05, 0) is 25.0 Å². The molecule has 6 heteroatoms. The lowest BCUT2D eigenvalue weighted by Crippen LogP contribution is -2.31. The van der Waals surface area contributed by atoms with Gasteiger partial charge in [0.25, 0.3) is 5.56 Å². The minimum atomic E-state index is -0.704. The maximum atomic E-state index is 13.4. The zero-order chi connectivity index (χ0) is 14.0. The Morgan fingerprint density at radius 3 is 2.68 bits per heavy atom. The van der Waals surface area contributed by atoms with Crippen LogP contribution in [0, 0.1) is 12.7 Å². The number of halogens is 1. The fourth-order valence-electron chi connectivity index (χ4n) is 1.80. The summed E-state index contributed by atoms with van der Waals surface area (Å²) in [5, 5.41) is 9.76. The van der Waals surface area contributed by atoms with Crippen LogP contribution in [-0.2, 0) is 13.0 Å². The standard InChI is InChI=1S/C13H13FN2O3/c1-8-11(17)15-13(19)16(12(8)18)7-6-9-4-2-3-5-10(9)14/h2-5,18H,6-7H2,1H3,(H,15,17,19). The Morgan fingerprint density at radius 1 is 1.32 bits per heavy atom. The summed E-state index contributed by atoms with van der Waals surface area (Å²) in [5.74, 6) is -0.749. The molecule has 0 unspecified atom stereocenters. The van der Waals surface area contributed by atoms with E-state index in [0.717, 1.165) is 4.57 Å². The first-order valence-corrected chi connectivity index (χ1v) is 5.77. The van der Waals surface area contributed by atoms with Crippen LogP contribution in [0.2, 0.25) is 0 Å². The number of hydrogen-bond acceptors (Lipinski definition) is 3. The van der Waals surface area contributed by atoms with Crippen molar-refractivity contribution in [3.05, 3.63) is 62.0 Å². The smallest absolute Gasteiger partial charge is 0.331 e. The number of rotatable bonds is 3. The number of nitrogens with zero attached hydrogens (tertiary/aromatic N) is 1. The molecular weight excluding hydrogens is 251 g/mol. The van der Waals surface area contributed by atoms with Crippen LogP contribution in [0.3, 0.4) is 0 Å². The summed E-state index contributed by atoms with van der Waals surface area (Å²) in [6, 6.07) is 6.21.